The lowest BCUT2D eigenvalue weighted by Crippen LogP contribution is -2.48. The predicted octanol–water partition coefficient (Wildman–Crippen LogP) is 1.46. The molecule has 4 rings (SSSR count). The number of carbonyl (C=O) groups excluding carboxylic acids is 1. The topological polar surface area (TPSA) is 101 Å². The summed E-state index contributed by atoms with van der Waals surface area (Å²) in [7, 11) is 0. The Morgan fingerprint density at radius 1 is 1.19 bits per heavy atom. The molecule has 2 unspecified atom stereocenters. The molecule has 2 aromatic heterocycles. The Hall–Kier alpha value is -2.52. The lowest BCUT2D eigenvalue weighted by Gasteiger charge is -2.39. The summed E-state index contributed by atoms with van der Waals surface area (Å²) in [5, 5.41) is 0.273. The van der Waals surface area contributed by atoms with Gasteiger partial charge in [0.25, 0.3) is 11.5 Å². The van der Waals surface area contributed by atoms with Gasteiger partial charge in [0.15, 0.2) is 0 Å². The summed E-state index contributed by atoms with van der Waals surface area (Å²) >= 11 is 0. The van der Waals surface area contributed by atoms with Crippen LogP contribution in [0, 0.1) is 5.92 Å². The second-order valence-electron chi connectivity index (χ2n) is 9.22. The Kier molecular flexibility index (Phi) is 6.76. The molecule has 32 heavy (non-hydrogen) atoms. The number of aromatic nitrogens is 3. The van der Waals surface area contributed by atoms with Crippen molar-refractivity contribution in [2.75, 3.05) is 32.7 Å². The fourth-order valence-electron chi connectivity index (χ4n) is 5.02. The summed E-state index contributed by atoms with van der Waals surface area (Å²) in [4.78, 5) is 48.5. The molecule has 2 aliphatic rings. The highest BCUT2D eigenvalue weighted by molar-refractivity contribution is 5.96. The van der Waals surface area contributed by atoms with Gasteiger partial charge in [0, 0.05) is 45.5 Å². The smallest absolute Gasteiger partial charge is 0.329 e. The van der Waals surface area contributed by atoms with E-state index in [-0.39, 0.29) is 23.5 Å². The van der Waals surface area contributed by atoms with Crippen LogP contribution in [-0.2, 0) is 11.3 Å². The van der Waals surface area contributed by atoms with Gasteiger partial charge in [0.2, 0.25) is 0 Å². The lowest BCUT2D eigenvalue weighted by atomic mass is 9.95. The number of morpholine rings is 1. The summed E-state index contributed by atoms with van der Waals surface area (Å²) in [5.74, 6) is 0.455. The van der Waals surface area contributed by atoms with E-state index in [4.69, 9.17) is 4.74 Å². The molecule has 0 aromatic carbocycles. The van der Waals surface area contributed by atoms with Gasteiger partial charge in [-0.15, -0.1) is 0 Å². The van der Waals surface area contributed by atoms with Crippen molar-refractivity contribution < 1.29 is 9.53 Å². The summed E-state index contributed by atoms with van der Waals surface area (Å²) < 4.78 is 7.27. The van der Waals surface area contributed by atoms with E-state index >= 15 is 0 Å². The largest absolute Gasteiger partial charge is 0.373 e. The molecule has 0 saturated carbocycles. The quantitative estimate of drug-likeness (QED) is 0.751. The maximum Gasteiger partial charge on any atom is 0.329 e. The number of likely N-dealkylation sites (tertiary alicyclic amines) is 1. The molecular weight excluding hydrogens is 410 g/mol. The van der Waals surface area contributed by atoms with Gasteiger partial charge in [-0.05, 0) is 45.1 Å². The van der Waals surface area contributed by atoms with Crippen LogP contribution in [0.4, 0.5) is 0 Å². The first-order chi connectivity index (χ1) is 15.4. The zero-order chi connectivity index (χ0) is 22.8. The number of carbonyl (C=O) groups is 1. The van der Waals surface area contributed by atoms with Crippen molar-refractivity contribution in [1.29, 1.82) is 0 Å². The zero-order valence-corrected chi connectivity index (χ0v) is 19.2. The third kappa shape index (κ3) is 4.78. The number of nitrogens with one attached hydrogen (secondary N) is 1. The van der Waals surface area contributed by atoms with E-state index in [2.05, 4.69) is 28.7 Å². The minimum atomic E-state index is -0.507. The zero-order valence-electron chi connectivity index (χ0n) is 19.2. The number of H-pyrrole nitrogens is 1. The van der Waals surface area contributed by atoms with Crippen molar-refractivity contribution >= 4 is 16.9 Å². The van der Waals surface area contributed by atoms with Gasteiger partial charge >= 0.3 is 5.69 Å². The Morgan fingerprint density at radius 3 is 2.53 bits per heavy atom. The number of piperidine rings is 1. The van der Waals surface area contributed by atoms with Gasteiger partial charge < -0.3 is 9.64 Å². The molecule has 4 heterocycles. The SMILES string of the molecule is CCCn1c(=O)[nH]c(=O)c2cc(C(=O)N3CCC(CN4CC(C)OC(C)C4)CC3)cnc21. The van der Waals surface area contributed by atoms with Crippen LogP contribution in [0.25, 0.3) is 11.0 Å². The van der Waals surface area contributed by atoms with Crippen LogP contribution in [-0.4, -0.2) is 75.2 Å². The standard InChI is InChI=1S/C23H33N5O4/c1-4-7-28-20-19(21(29)25-23(28)31)10-18(11-24-20)22(30)27-8-5-17(6-9-27)14-26-12-15(2)32-16(3)13-26/h10-11,15-17H,4-9,12-14H2,1-3H3,(H,25,29,31). The highest BCUT2D eigenvalue weighted by Gasteiger charge is 2.28. The molecule has 9 heteroatoms. The van der Waals surface area contributed by atoms with E-state index in [1.807, 2.05) is 11.8 Å². The number of hydrogen-bond donors (Lipinski definition) is 1. The number of nitrogens with zero attached hydrogens (tertiary/aromatic N) is 4. The molecule has 9 nitrogen and oxygen atoms in total. The van der Waals surface area contributed by atoms with E-state index in [0.29, 0.717) is 36.8 Å². The van der Waals surface area contributed by atoms with Crippen LogP contribution in [0.3, 0.4) is 0 Å². The van der Waals surface area contributed by atoms with Crippen LogP contribution >= 0.6 is 0 Å². The van der Waals surface area contributed by atoms with Gasteiger partial charge in [-0.25, -0.2) is 9.78 Å². The van der Waals surface area contributed by atoms with Crippen molar-refractivity contribution in [3.05, 3.63) is 38.7 Å². The number of amides is 1. The molecule has 2 saturated heterocycles. The second-order valence-corrected chi connectivity index (χ2v) is 9.22. The maximum absolute atomic E-state index is 13.1. The van der Waals surface area contributed by atoms with E-state index in [0.717, 1.165) is 38.9 Å². The molecule has 174 valence electrons. The number of rotatable bonds is 5. The monoisotopic (exact) mass is 443 g/mol. The first kappa shape index (κ1) is 22.7. The Morgan fingerprint density at radius 2 is 1.88 bits per heavy atom. The second kappa shape index (κ2) is 9.54. The third-order valence-electron chi connectivity index (χ3n) is 6.44. The molecule has 2 aliphatic heterocycles. The number of ether oxygens (including phenoxy) is 1. The Labute approximate surface area is 187 Å². The molecule has 1 N–H and O–H groups in total. The molecule has 0 spiro atoms. The number of pyridine rings is 1. The highest BCUT2D eigenvalue weighted by atomic mass is 16.5. The summed E-state index contributed by atoms with van der Waals surface area (Å²) in [6, 6.07) is 1.57. The molecule has 2 fully saturated rings. The first-order valence-corrected chi connectivity index (χ1v) is 11.7. The maximum atomic E-state index is 13.1. The number of aromatic amines is 1. The third-order valence-corrected chi connectivity index (χ3v) is 6.44. The molecule has 2 atom stereocenters. The molecule has 0 bridgehead atoms. The molecule has 0 radical (unpaired) electrons. The van der Waals surface area contributed by atoms with Gasteiger partial charge in [-0.3, -0.25) is 24.0 Å². The van der Waals surface area contributed by atoms with Crippen LogP contribution < -0.4 is 11.2 Å². The lowest BCUT2D eigenvalue weighted by molar-refractivity contribution is -0.0728. The molecule has 2 aromatic rings. The fraction of sp³-hybridized carbons (Fsp3) is 0.652. The van der Waals surface area contributed by atoms with E-state index in [1.165, 1.54) is 10.8 Å². The molecular formula is C23H33N5O4. The van der Waals surface area contributed by atoms with Crippen LogP contribution in [0.2, 0.25) is 0 Å². The number of fused-ring (bicyclic) bond motifs is 1. The van der Waals surface area contributed by atoms with Crippen molar-refractivity contribution in [2.45, 2.75) is 58.8 Å². The van der Waals surface area contributed by atoms with Crippen LogP contribution in [0.5, 0.6) is 0 Å². The number of aryl methyl sites for hydroxylation is 1. The van der Waals surface area contributed by atoms with Crippen molar-refractivity contribution in [1.82, 2.24) is 24.3 Å². The average Bonchev–Trinajstić information content (AvgIpc) is 2.76. The van der Waals surface area contributed by atoms with Crippen molar-refractivity contribution in [2.24, 2.45) is 5.92 Å². The first-order valence-electron chi connectivity index (χ1n) is 11.7. The van der Waals surface area contributed by atoms with E-state index < -0.39 is 11.2 Å². The predicted molar refractivity (Wildman–Crippen MR) is 122 cm³/mol. The van der Waals surface area contributed by atoms with Gasteiger partial charge in [-0.1, -0.05) is 6.92 Å². The summed E-state index contributed by atoms with van der Waals surface area (Å²) in [5.41, 5.74) is -0.266. The summed E-state index contributed by atoms with van der Waals surface area (Å²) in [6.07, 6.45) is 4.67. The Bertz CT molecular complexity index is 1080. The van der Waals surface area contributed by atoms with Crippen molar-refractivity contribution in [3.8, 4) is 0 Å². The van der Waals surface area contributed by atoms with Crippen LogP contribution in [0.1, 0.15) is 50.4 Å². The Balaban J connectivity index is 1.43. The summed E-state index contributed by atoms with van der Waals surface area (Å²) in [6.45, 7) is 11.0. The van der Waals surface area contributed by atoms with Gasteiger partial charge in [0.05, 0.1) is 23.2 Å². The average molecular weight is 444 g/mol. The fourth-order valence-corrected chi connectivity index (χ4v) is 5.02. The molecule has 0 aliphatic carbocycles. The van der Waals surface area contributed by atoms with E-state index in [9.17, 15) is 14.4 Å². The van der Waals surface area contributed by atoms with Gasteiger partial charge in [-0.2, -0.15) is 0 Å². The normalized spacial score (nSPS) is 23.0. The minimum absolute atomic E-state index is 0.112. The molecule has 1 amide bonds. The number of hydrogen-bond acceptors (Lipinski definition) is 6. The van der Waals surface area contributed by atoms with E-state index in [1.54, 1.807) is 6.07 Å². The highest BCUT2D eigenvalue weighted by Crippen LogP contribution is 2.22. The van der Waals surface area contributed by atoms with Gasteiger partial charge in [0.1, 0.15) is 5.65 Å². The van der Waals surface area contributed by atoms with Crippen LogP contribution in [0.15, 0.2) is 21.9 Å². The minimum Gasteiger partial charge on any atom is -0.373 e. The van der Waals surface area contributed by atoms with Crippen molar-refractivity contribution in [3.63, 3.8) is 0 Å².